The van der Waals surface area contributed by atoms with E-state index in [2.05, 4.69) is 15.1 Å². The predicted molar refractivity (Wildman–Crippen MR) is 119 cm³/mol. The van der Waals surface area contributed by atoms with Crippen molar-refractivity contribution in [1.29, 1.82) is 5.26 Å². The smallest absolute Gasteiger partial charge is 0.278 e. The molecule has 0 amide bonds. The second kappa shape index (κ2) is 8.00. The summed E-state index contributed by atoms with van der Waals surface area (Å²) >= 11 is 0. The van der Waals surface area contributed by atoms with E-state index in [1.807, 2.05) is 19.9 Å². The van der Waals surface area contributed by atoms with Crippen molar-refractivity contribution >= 4 is 16.6 Å². The van der Waals surface area contributed by atoms with Gasteiger partial charge in [-0.15, -0.1) is 0 Å². The quantitative estimate of drug-likeness (QED) is 0.438. The Morgan fingerprint density at radius 3 is 2.85 bits per heavy atom. The van der Waals surface area contributed by atoms with Crippen LogP contribution in [0.1, 0.15) is 57.2 Å². The molecule has 11 heteroatoms. The van der Waals surface area contributed by atoms with Crippen LogP contribution in [0.4, 0.5) is 4.39 Å². The van der Waals surface area contributed by atoms with Crippen molar-refractivity contribution in [2.24, 2.45) is 0 Å². The summed E-state index contributed by atoms with van der Waals surface area (Å²) in [6.07, 6.45) is 2.71. The molecule has 1 aliphatic rings. The third kappa shape index (κ3) is 3.38. The first kappa shape index (κ1) is 22.2. The molecule has 0 saturated carbocycles. The lowest BCUT2D eigenvalue weighted by molar-refractivity contribution is -0.0292. The van der Waals surface area contributed by atoms with Crippen LogP contribution in [0.2, 0.25) is 0 Å². The Kier molecular flexibility index (Phi) is 5.22. The van der Waals surface area contributed by atoms with Crippen LogP contribution in [0.25, 0.3) is 28.1 Å². The topological polar surface area (TPSA) is 120 Å². The number of hydrogen-bond donors (Lipinski definition) is 0. The molecule has 4 heterocycles. The van der Waals surface area contributed by atoms with Crippen LogP contribution in [0.15, 0.2) is 27.8 Å². The fourth-order valence-corrected chi connectivity index (χ4v) is 4.57. The van der Waals surface area contributed by atoms with Gasteiger partial charge in [0.2, 0.25) is 5.82 Å². The molecule has 176 valence electrons. The Bertz CT molecular complexity index is 1510. The summed E-state index contributed by atoms with van der Waals surface area (Å²) in [7, 11) is 1.51. The highest BCUT2D eigenvalue weighted by Gasteiger charge is 2.36. The maximum absolute atomic E-state index is 14.5. The second-order valence-electron chi connectivity index (χ2n) is 9.05. The molecule has 3 aromatic heterocycles. The van der Waals surface area contributed by atoms with Gasteiger partial charge in [-0.05, 0) is 45.7 Å². The van der Waals surface area contributed by atoms with E-state index in [0.29, 0.717) is 11.4 Å². The first-order valence-corrected chi connectivity index (χ1v) is 10.9. The molecule has 0 aliphatic carbocycles. The number of nitriles is 1. The lowest BCUT2D eigenvalue weighted by Gasteiger charge is -2.19. The predicted octanol–water partition coefficient (Wildman–Crippen LogP) is 3.55. The zero-order valence-corrected chi connectivity index (χ0v) is 19.2. The van der Waals surface area contributed by atoms with Crippen LogP contribution < -0.4 is 5.56 Å². The molecule has 10 nitrogen and oxygen atoms in total. The van der Waals surface area contributed by atoms with Crippen molar-refractivity contribution in [1.82, 2.24) is 24.1 Å². The number of imidazole rings is 1. The number of methoxy groups -OCH3 is 1. The molecule has 0 radical (unpaired) electrons. The molecule has 1 aromatic carbocycles. The minimum atomic E-state index is -0.713. The molecule has 4 aromatic rings. The number of ether oxygens (including phenoxy) is 2. The molecule has 1 saturated heterocycles. The van der Waals surface area contributed by atoms with Gasteiger partial charge in [-0.3, -0.25) is 13.8 Å². The van der Waals surface area contributed by atoms with Gasteiger partial charge in [-0.1, -0.05) is 5.16 Å². The average Bonchev–Trinajstić information content (AvgIpc) is 3.51. The van der Waals surface area contributed by atoms with E-state index in [1.54, 1.807) is 6.92 Å². The zero-order chi connectivity index (χ0) is 24.2. The van der Waals surface area contributed by atoms with E-state index in [4.69, 9.17) is 14.0 Å². The van der Waals surface area contributed by atoms with Crippen LogP contribution in [0, 0.1) is 17.1 Å². The highest BCUT2D eigenvalue weighted by Crippen LogP contribution is 2.38. The summed E-state index contributed by atoms with van der Waals surface area (Å²) in [5, 5.41) is 13.7. The normalized spacial score (nSPS) is 18.5. The summed E-state index contributed by atoms with van der Waals surface area (Å²) in [5.41, 5.74) is 0.0426. The van der Waals surface area contributed by atoms with Crippen LogP contribution in [0.3, 0.4) is 0 Å². The van der Waals surface area contributed by atoms with E-state index in [1.165, 1.54) is 34.5 Å². The molecule has 1 aliphatic heterocycles. The van der Waals surface area contributed by atoms with Crippen molar-refractivity contribution in [3.8, 4) is 17.6 Å². The second-order valence-corrected chi connectivity index (χ2v) is 9.05. The fraction of sp³-hybridized carbons (Fsp3) is 0.435. The van der Waals surface area contributed by atoms with Crippen LogP contribution >= 0.6 is 0 Å². The van der Waals surface area contributed by atoms with E-state index in [9.17, 15) is 14.4 Å². The van der Waals surface area contributed by atoms with Gasteiger partial charge >= 0.3 is 0 Å². The van der Waals surface area contributed by atoms with Crippen molar-refractivity contribution in [2.45, 2.75) is 51.4 Å². The van der Waals surface area contributed by atoms with Gasteiger partial charge in [0, 0.05) is 7.11 Å². The monoisotopic (exact) mass is 466 g/mol. The van der Waals surface area contributed by atoms with Crippen molar-refractivity contribution < 1.29 is 18.4 Å². The molecule has 2 unspecified atom stereocenters. The number of halogens is 1. The largest absolute Gasteiger partial charge is 0.383 e. The maximum Gasteiger partial charge on any atom is 0.278 e. The van der Waals surface area contributed by atoms with Crippen molar-refractivity contribution in [3.63, 3.8) is 0 Å². The van der Waals surface area contributed by atoms with Crippen LogP contribution in [-0.2, 0) is 9.47 Å². The average molecular weight is 466 g/mol. The molecule has 0 N–H and O–H groups in total. The van der Waals surface area contributed by atoms with Gasteiger partial charge in [-0.2, -0.15) is 10.2 Å². The molecule has 5 rings (SSSR count). The number of nitrogens with zero attached hydrogens (tertiary/aromatic N) is 6. The first-order valence-electron chi connectivity index (χ1n) is 10.9. The standard InChI is InChI=1S/C23H23FN6O4/c1-12(10-32-4)30-18-13(9-25)14(24)5-6-15(18)29-11-26-17(19(29)22(30)31)20-27-21(34-28-20)16-7-8-23(2,3)33-16/h5-6,11-12,16H,7-8,10H2,1-4H3. The van der Waals surface area contributed by atoms with Gasteiger partial charge < -0.3 is 14.0 Å². The number of aromatic nitrogens is 5. The highest BCUT2D eigenvalue weighted by molar-refractivity contribution is 5.87. The molecular formula is C23H23FN6O4. The summed E-state index contributed by atoms with van der Waals surface area (Å²) in [6, 6.07) is 4.10. The van der Waals surface area contributed by atoms with Gasteiger partial charge in [0.1, 0.15) is 41.1 Å². The van der Waals surface area contributed by atoms with E-state index in [0.717, 1.165) is 12.8 Å². The lowest BCUT2D eigenvalue weighted by atomic mass is 10.1. The third-order valence-electron chi connectivity index (χ3n) is 6.15. The molecular weight excluding hydrogens is 443 g/mol. The summed E-state index contributed by atoms with van der Waals surface area (Å²) in [5.74, 6) is -0.241. The van der Waals surface area contributed by atoms with Gasteiger partial charge in [-0.25, -0.2) is 9.37 Å². The van der Waals surface area contributed by atoms with E-state index in [-0.39, 0.29) is 46.4 Å². The molecule has 34 heavy (non-hydrogen) atoms. The Balaban J connectivity index is 1.74. The highest BCUT2D eigenvalue weighted by atomic mass is 19.1. The first-order chi connectivity index (χ1) is 16.3. The molecule has 0 bridgehead atoms. The number of hydrogen-bond acceptors (Lipinski definition) is 8. The van der Waals surface area contributed by atoms with Gasteiger partial charge in [0.05, 0.1) is 29.3 Å². The minimum Gasteiger partial charge on any atom is -0.383 e. The summed E-state index contributed by atoms with van der Waals surface area (Å²) in [6.45, 7) is 5.94. The zero-order valence-electron chi connectivity index (χ0n) is 19.2. The molecule has 1 fully saturated rings. The Labute approximate surface area is 193 Å². The van der Waals surface area contributed by atoms with Crippen LogP contribution in [-0.4, -0.2) is 43.4 Å². The van der Waals surface area contributed by atoms with E-state index < -0.39 is 17.4 Å². The number of benzene rings is 1. The van der Waals surface area contributed by atoms with Crippen molar-refractivity contribution in [2.75, 3.05) is 13.7 Å². The Morgan fingerprint density at radius 2 is 2.18 bits per heavy atom. The Morgan fingerprint density at radius 1 is 1.38 bits per heavy atom. The number of fused-ring (bicyclic) bond motifs is 3. The van der Waals surface area contributed by atoms with Gasteiger partial charge in [0.25, 0.3) is 11.4 Å². The van der Waals surface area contributed by atoms with Crippen molar-refractivity contribution in [3.05, 3.63) is 46.1 Å². The minimum absolute atomic E-state index is 0.149. The van der Waals surface area contributed by atoms with Gasteiger partial charge in [0.15, 0.2) is 0 Å². The fourth-order valence-electron chi connectivity index (χ4n) is 4.57. The van der Waals surface area contributed by atoms with Crippen LogP contribution in [0.5, 0.6) is 0 Å². The molecule has 2 atom stereocenters. The SMILES string of the molecule is COCC(C)n1c(=O)c2c(-c3noc(C4CCC(C)(C)O4)n3)ncn2c2ccc(F)c(C#N)c21. The van der Waals surface area contributed by atoms with E-state index >= 15 is 0 Å². The molecule has 0 spiro atoms. The maximum atomic E-state index is 14.5. The third-order valence-corrected chi connectivity index (χ3v) is 6.15. The Hall–Kier alpha value is -3.62. The number of rotatable bonds is 5. The summed E-state index contributed by atoms with van der Waals surface area (Å²) < 4.78 is 34.1. The lowest BCUT2D eigenvalue weighted by Crippen LogP contribution is -2.28. The summed E-state index contributed by atoms with van der Waals surface area (Å²) in [4.78, 5) is 22.6.